The summed E-state index contributed by atoms with van der Waals surface area (Å²) in [6.07, 6.45) is 1.66. The van der Waals surface area contributed by atoms with Gasteiger partial charge in [-0.1, -0.05) is 0 Å². The van der Waals surface area contributed by atoms with Gasteiger partial charge in [-0.2, -0.15) is 5.10 Å². The highest BCUT2D eigenvalue weighted by Crippen LogP contribution is 2.28. The number of benzene rings is 1. The van der Waals surface area contributed by atoms with E-state index >= 15 is 0 Å². The zero-order valence-electron chi connectivity index (χ0n) is 14.4. The van der Waals surface area contributed by atoms with Crippen LogP contribution in [-0.4, -0.2) is 37.0 Å². The second-order valence-electron chi connectivity index (χ2n) is 4.90. The number of nitrogens with one attached hydrogen (secondary N) is 1. The molecule has 134 valence electrons. The Morgan fingerprint density at radius 3 is 2.80 bits per heavy atom. The molecule has 0 unspecified atom stereocenters. The third kappa shape index (κ3) is 6.07. The molecule has 2 aromatic rings. The van der Waals surface area contributed by atoms with E-state index < -0.39 is 5.97 Å². The van der Waals surface area contributed by atoms with E-state index in [9.17, 15) is 4.79 Å². The maximum atomic E-state index is 11.4. The van der Waals surface area contributed by atoms with Gasteiger partial charge in [-0.15, -0.1) is 11.3 Å². The fourth-order valence-electron chi connectivity index (χ4n) is 1.90. The summed E-state index contributed by atoms with van der Waals surface area (Å²) < 4.78 is 15.9. The van der Waals surface area contributed by atoms with Crippen LogP contribution in [0.2, 0.25) is 0 Å². The van der Waals surface area contributed by atoms with Crippen LogP contribution in [-0.2, 0) is 9.53 Å². The van der Waals surface area contributed by atoms with E-state index in [1.54, 1.807) is 25.3 Å². The lowest BCUT2D eigenvalue weighted by atomic mass is 10.2. The third-order valence-corrected chi connectivity index (χ3v) is 3.78. The molecule has 8 heteroatoms. The lowest BCUT2D eigenvalue weighted by Crippen LogP contribution is -2.15. The second kappa shape index (κ2) is 9.63. The summed E-state index contributed by atoms with van der Waals surface area (Å²) in [6.45, 7) is 6.19. The second-order valence-corrected chi connectivity index (χ2v) is 5.76. The number of thiazole rings is 1. The number of ether oxygens (including phenoxy) is 3. The van der Waals surface area contributed by atoms with Crippen molar-refractivity contribution in [2.75, 3.05) is 25.2 Å². The fraction of sp³-hybridized carbons (Fsp3) is 0.353. The number of carbonyl (C=O) groups excluding carboxylic acids is 1. The van der Waals surface area contributed by atoms with E-state index in [0.29, 0.717) is 24.7 Å². The van der Waals surface area contributed by atoms with E-state index in [1.165, 1.54) is 11.3 Å². The van der Waals surface area contributed by atoms with Crippen molar-refractivity contribution in [1.82, 2.24) is 4.98 Å². The predicted molar refractivity (Wildman–Crippen MR) is 97.8 cm³/mol. The van der Waals surface area contributed by atoms with Crippen molar-refractivity contribution in [3.63, 3.8) is 0 Å². The fourth-order valence-corrected chi connectivity index (χ4v) is 2.54. The number of esters is 1. The van der Waals surface area contributed by atoms with Gasteiger partial charge in [-0.3, -0.25) is 5.43 Å². The molecule has 0 saturated heterocycles. The first-order chi connectivity index (χ1) is 12.1. The summed E-state index contributed by atoms with van der Waals surface area (Å²) >= 11 is 1.49. The van der Waals surface area contributed by atoms with Crippen LogP contribution >= 0.6 is 11.3 Å². The number of hydrogen-bond acceptors (Lipinski definition) is 8. The van der Waals surface area contributed by atoms with Crippen molar-refractivity contribution in [3.8, 4) is 11.5 Å². The summed E-state index contributed by atoms with van der Waals surface area (Å²) in [5.41, 5.74) is 4.65. The molecule has 1 aromatic heterocycles. The van der Waals surface area contributed by atoms with Gasteiger partial charge >= 0.3 is 5.97 Å². The minimum Gasteiger partial charge on any atom is -0.490 e. The van der Waals surface area contributed by atoms with Crippen LogP contribution < -0.4 is 14.9 Å². The standard InChI is InChI=1S/C17H21N3O4S/c1-4-22-15-8-13(9-18-20-17-19-12(3)11-25-17)6-7-14(15)24-10-16(21)23-5-2/h6-9,11H,4-5,10H2,1-3H3,(H,19,20). The Morgan fingerprint density at radius 1 is 1.28 bits per heavy atom. The van der Waals surface area contributed by atoms with E-state index in [4.69, 9.17) is 14.2 Å². The minimum absolute atomic E-state index is 0.160. The molecule has 1 N–H and O–H groups in total. The van der Waals surface area contributed by atoms with E-state index in [0.717, 1.165) is 16.4 Å². The molecule has 0 aliphatic rings. The largest absolute Gasteiger partial charge is 0.490 e. The Labute approximate surface area is 150 Å². The molecule has 0 atom stereocenters. The molecule has 0 aliphatic carbocycles. The summed E-state index contributed by atoms with van der Waals surface area (Å²) in [7, 11) is 0. The summed E-state index contributed by atoms with van der Waals surface area (Å²) in [6, 6.07) is 5.35. The molecule has 1 aromatic carbocycles. The highest BCUT2D eigenvalue weighted by atomic mass is 32.1. The van der Waals surface area contributed by atoms with E-state index in [1.807, 2.05) is 25.3 Å². The Kier molecular flexibility index (Phi) is 7.21. The highest BCUT2D eigenvalue weighted by molar-refractivity contribution is 7.13. The molecule has 2 rings (SSSR count). The number of aromatic nitrogens is 1. The molecule has 25 heavy (non-hydrogen) atoms. The SMILES string of the molecule is CCOC(=O)COc1ccc(C=NNc2nc(C)cs2)cc1OCC. The molecule has 0 amide bonds. The van der Waals surface area contributed by atoms with Gasteiger partial charge in [0.05, 0.1) is 25.1 Å². The van der Waals surface area contributed by atoms with Crippen molar-refractivity contribution < 1.29 is 19.0 Å². The van der Waals surface area contributed by atoms with Crippen LogP contribution in [0, 0.1) is 6.92 Å². The highest BCUT2D eigenvalue weighted by Gasteiger charge is 2.09. The Hall–Kier alpha value is -2.61. The number of carbonyl (C=O) groups is 1. The number of nitrogens with zero attached hydrogens (tertiary/aromatic N) is 2. The average Bonchev–Trinajstić information content (AvgIpc) is 3.00. The summed E-state index contributed by atoms with van der Waals surface area (Å²) in [4.78, 5) is 15.7. The molecule has 7 nitrogen and oxygen atoms in total. The van der Waals surface area contributed by atoms with Crippen LogP contribution in [0.4, 0.5) is 5.13 Å². The third-order valence-electron chi connectivity index (χ3n) is 2.91. The van der Waals surface area contributed by atoms with Gasteiger partial charge < -0.3 is 14.2 Å². The normalized spacial score (nSPS) is 10.7. The van der Waals surface area contributed by atoms with E-state index in [2.05, 4.69) is 15.5 Å². The molecule has 0 radical (unpaired) electrons. The molecule has 0 saturated carbocycles. The van der Waals surface area contributed by atoms with Crippen LogP contribution in [0.25, 0.3) is 0 Å². The lowest BCUT2D eigenvalue weighted by molar-refractivity contribution is -0.145. The smallest absolute Gasteiger partial charge is 0.344 e. The quantitative estimate of drug-likeness (QED) is 0.418. The van der Waals surface area contributed by atoms with Crippen LogP contribution in [0.3, 0.4) is 0 Å². The number of rotatable bonds is 9. The van der Waals surface area contributed by atoms with Crippen LogP contribution in [0.1, 0.15) is 25.1 Å². The zero-order chi connectivity index (χ0) is 18.1. The Balaban J connectivity index is 2.02. The number of hydrazone groups is 1. The van der Waals surface area contributed by atoms with Gasteiger partial charge in [0.15, 0.2) is 18.1 Å². The molecular formula is C17H21N3O4S. The molecule has 1 heterocycles. The zero-order valence-corrected chi connectivity index (χ0v) is 15.3. The van der Waals surface area contributed by atoms with Crippen molar-refractivity contribution >= 4 is 28.7 Å². The molecular weight excluding hydrogens is 342 g/mol. The maximum Gasteiger partial charge on any atom is 0.344 e. The van der Waals surface area contributed by atoms with Crippen LogP contribution in [0.15, 0.2) is 28.7 Å². The van der Waals surface area contributed by atoms with Crippen molar-refractivity contribution in [2.45, 2.75) is 20.8 Å². The van der Waals surface area contributed by atoms with E-state index in [-0.39, 0.29) is 6.61 Å². The Bertz CT molecular complexity index is 730. The molecule has 0 bridgehead atoms. The van der Waals surface area contributed by atoms with Gasteiger partial charge in [-0.05, 0) is 44.5 Å². The monoisotopic (exact) mass is 363 g/mol. The first-order valence-corrected chi connectivity index (χ1v) is 8.76. The van der Waals surface area contributed by atoms with Crippen molar-refractivity contribution in [2.24, 2.45) is 5.10 Å². The van der Waals surface area contributed by atoms with Crippen LogP contribution in [0.5, 0.6) is 11.5 Å². The summed E-state index contributed by atoms with van der Waals surface area (Å²) in [5, 5.41) is 6.83. The summed E-state index contributed by atoms with van der Waals surface area (Å²) in [5.74, 6) is 0.606. The topological polar surface area (TPSA) is 82.0 Å². The van der Waals surface area contributed by atoms with Gasteiger partial charge in [-0.25, -0.2) is 9.78 Å². The van der Waals surface area contributed by atoms with Crippen molar-refractivity contribution in [3.05, 3.63) is 34.8 Å². The average molecular weight is 363 g/mol. The first kappa shape index (κ1) is 18.7. The van der Waals surface area contributed by atoms with Crippen molar-refractivity contribution in [1.29, 1.82) is 0 Å². The number of hydrogen-bond donors (Lipinski definition) is 1. The number of anilines is 1. The molecule has 0 spiro atoms. The lowest BCUT2D eigenvalue weighted by Gasteiger charge is -2.12. The van der Waals surface area contributed by atoms with Gasteiger partial charge in [0.25, 0.3) is 0 Å². The minimum atomic E-state index is -0.418. The molecule has 0 fully saturated rings. The predicted octanol–water partition coefficient (Wildman–Crippen LogP) is 3.24. The van der Waals surface area contributed by atoms with Gasteiger partial charge in [0.1, 0.15) is 0 Å². The Morgan fingerprint density at radius 2 is 2.12 bits per heavy atom. The molecule has 0 aliphatic heterocycles. The van der Waals surface area contributed by atoms with Gasteiger partial charge in [0, 0.05) is 5.38 Å². The van der Waals surface area contributed by atoms with Gasteiger partial charge in [0.2, 0.25) is 5.13 Å². The number of aryl methyl sites for hydroxylation is 1. The maximum absolute atomic E-state index is 11.4. The first-order valence-electron chi connectivity index (χ1n) is 7.88.